The van der Waals surface area contributed by atoms with E-state index in [-0.39, 0.29) is 17.7 Å². The quantitative estimate of drug-likeness (QED) is 0.915. The minimum Gasteiger partial charge on any atom is -0.493 e. The first kappa shape index (κ1) is 15.7. The largest absolute Gasteiger partial charge is 0.493 e. The third-order valence-electron chi connectivity index (χ3n) is 4.87. The van der Waals surface area contributed by atoms with E-state index in [1.807, 2.05) is 54.6 Å². The predicted octanol–water partition coefficient (Wildman–Crippen LogP) is 2.25. The van der Waals surface area contributed by atoms with E-state index in [0.717, 1.165) is 16.9 Å². The standard InChI is InChI=1S/C20H20N2O3/c23-19-18(14-6-2-1-3-7-14)22(12-11-21-19)20(24)16-10-13-25-17-9-5-4-8-15(16)17/h1-9,16,18H,10-13H2,(H,21,23)/t16-,18+/m0/s1. The second-order valence-corrected chi connectivity index (χ2v) is 6.36. The first-order chi connectivity index (χ1) is 12.3. The molecule has 0 aliphatic carbocycles. The monoisotopic (exact) mass is 336 g/mol. The molecule has 4 rings (SSSR count). The van der Waals surface area contributed by atoms with Crippen LogP contribution in [0.4, 0.5) is 0 Å². The number of nitrogens with one attached hydrogen (secondary N) is 1. The Labute approximate surface area is 146 Å². The number of carbonyl (C=O) groups excluding carboxylic acids is 2. The first-order valence-corrected chi connectivity index (χ1v) is 8.60. The number of fused-ring (bicyclic) bond motifs is 1. The number of para-hydroxylation sites is 1. The molecule has 2 aliphatic heterocycles. The highest BCUT2D eigenvalue weighted by Gasteiger charge is 2.39. The molecule has 2 aromatic carbocycles. The summed E-state index contributed by atoms with van der Waals surface area (Å²) in [6.45, 7) is 1.52. The zero-order valence-corrected chi connectivity index (χ0v) is 13.9. The van der Waals surface area contributed by atoms with Gasteiger partial charge in [-0.15, -0.1) is 0 Å². The maximum absolute atomic E-state index is 13.3. The van der Waals surface area contributed by atoms with E-state index in [1.54, 1.807) is 4.90 Å². The van der Waals surface area contributed by atoms with Crippen LogP contribution in [0.25, 0.3) is 0 Å². The van der Waals surface area contributed by atoms with E-state index in [9.17, 15) is 9.59 Å². The van der Waals surface area contributed by atoms with Crippen LogP contribution in [0, 0.1) is 0 Å². The summed E-state index contributed by atoms with van der Waals surface area (Å²) in [5.74, 6) is 0.387. The van der Waals surface area contributed by atoms with E-state index in [4.69, 9.17) is 4.74 Å². The summed E-state index contributed by atoms with van der Waals surface area (Å²) in [6.07, 6.45) is 0.634. The maximum Gasteiger partial charge on any atom is 0.247 e. The van der Waals surface area contributed by atoms with E-state index in [0.29, 0.717) is 26.1 Å². The minimum absolute atomic E-state index is 0.000506. The van der Waals surface area contributed by atoms with Gasteiger partial charge in [-0.1, -0.05) is 48.5 Å². The van der Waals surface area contributed by atoms with Crippen molar-refractivity contribution < 1.29 is 14.3 Å². The number of amides is 2. The molecule has 2 amide bonds. The Morgan fingerprint density at radius 3 is 2.68 bits per heavy atom. The Balaban J connectivity index is 1.68. The summed E-state index contributed by atoms with van der Waals surface area (Å²) in [7, 11) is 0. The fourth-order valence-electron chi connectivity index (χ4n) is 3.67. The molecule has 0 spiro atoms. The van der Waals surface area contributed by atoms with E-state index in [1.165, 1.54) is 0 Å². The molecule has 0 aromatic heterocycles. The van der Waals surface area contributed by atoms with Gasteiger partial charge in [0.05, 0.1) is 12.5 Å². The lowest BCUT2D eigenvalue weighted by molar-refractivity contribution is -0.145. The minimum atomic E-state index is -0.572. The zero-order valence-electron chi connectivity index (χ0n) is 13.9. The molecule has 2 atom stereocenters. The predicted molar refractivity (Wildman–Crippen MR) is 93.2 cm³/mol. The molecule has 2 heterocycles. The summed E-state index contributed by atoms with van der Waals surface area (Å²) in [6, 6.07) is 16.6. The fraction of sp³-hybridized carbons (Fsp3) is 0.300. The molecular weight excluding hydrogens is 316 g/mol. The van der Waals surface area contributed by atoms with Gasteiger partial charge in [0.1, 0.15) is 11.8 Å². The normalized spacial score (nSPS) is 22.6. The lowest BCUT2D eigenvalue weighted by Gasteiger charge is -2.38. The van der Waals surface area contributed by atoms with Gasteiger partial charge in [-0.05, 0) is 18.1 Å². The van der Waals surface area contributed by atoms with Crippen LogP contribution in [-0.2, 0) is 9.59 Å². The van der Waals surface area contributed by atoms with Crippen molar-refractivity contribution >= 4 is 11.8 Å². The number of piperazine rings is 1. The average Bonchev–Trinajstić information content (AvgIpc) is 2.67. The van der Waals surface area contributed by atoms with Gasteiger partial charge >= 0.3 is 0 Å². The lowest BCUT2D eigenvalue weighted by Crippen LogP contribution is -2.53. The molecule has 25 heavy (non-hydrogen) atoms. The van der Waals surface area contributed by atoms with Crippen molar-refractivity contribution in [1.29, 1.82) is 0 Å². The molecule has 0 saturated carbocycles. The van der Waals surface area contributed by atoms with Crippen LogP contribution in [0.3, 0.4) is 0 Å². The fourth-order valence-corrected chi connectivity index (χ4v) is 3.67. The number of nitrogens with zero attached hydrogens (tertiary/aromatic N) is 1. The average molecular weight is 336 g/mol. The molecule has 1 fully saturated rings. The van der Waals surface area contributed by atoms with Crippen LogP contribution in [0.15, 0.2) is 54.6 Å². The van der Waals surface area contributed by atoms with Crippen LogP contribution in [-0.4, -0.2) is 36.4 Å². The first-order valence-electron chi connectivity index (χ1n) is 8.60. The topological polar surface area (TPSA) is 58.6 Å². The third kappa shape index (κ3) is 2.86. The number of hydrogen-bond acceptors (Lipinski definition) is 3. The van der Waals surface area contributed by atoms with Crippen molar-refractivity contribution in [3.8, 4) is 5.75 Å². The Morgan fingerprint density at radius 1 is 1.08 bits per heavy atom. The van der Waals surface area contributed by atoms with Crippen molar-refractivity contribution in [3.63, 3.8) is 0 Å². The van der Waals surface area contributed by atoms with Gasteiger partial charge in [-0.2, -0.15) is 0 Å². The molecule has 5 nitrogen and oxygen atoms in total. The lowest BCUT2D eigenvalue weighted by atomic mass is 9.90. The molecule has 5 heteroatoms. The Hall–Kier alpha value is -2.82. The summed E-state index contributed by atoms with van der Waals surface area (Å²) in [4.78, 5) is 27.6. The van der Waals surface area contributed by atoms with Crippen LogP contribution >= 0.6 is 0 Å². The Morgan fingerprint density at radius 2 is 1.84 bits per heavy atom. The van der Waals surface area contributed by atoms with E-state index in [2.05, 4.69) is 5.32 Å². The maximum atomic E-state index is 13.3. The molecule has 2 aromatic rings. The van der Waals surface area contributed by atoms with Gasteiger partial charge in [0.15, 0.2) is 0 Å². The SMILES string of the molecule is O=C1NCCN(C(=O)[C@H]2CCOc3ccccc32)[C@@H]1c1ccccc1. The molecular formula is C20H20N2O3. The number of hydrogen-bond donors (Lipinski definition) is 1. The van der Waals surface area contributed by atoms with Crippen molar-refractivity contribution in [2.45, 2.75) is 18.4 Å². The zero-order chi connectivity index (χ0) is 17.2. The van der Waals surface area contributed by atoms with Gasteiger partial charge < -0.3 is 15.0 Å². The molecule has 2 aliphatic rings. The summed E-state index contributed by atoms with van der Waals surface area (Å²) in [5, 5.41) is 2.88. The molecule has 1 N–H and O–H groups in total. The molecule has 1 saturated heterocycles. The van der Waals surface area contributed by atoms with Crippen molar-refractivity contribution in [3.05, 3.63) is 65.7 Å². The smallest absolute Gasteiger partial charge is 0.247 e. The molecule has 0 radical (unpaired) electrons. The van der Waals surface area contributed by atoms with Crippen molar-refractivity contribution in [2.75, 3.05) is 19.7 Å². The number of carbonyl (C=O) groups is 2. The highest BCUT2D eigenvalue weighted by atomic mass is 16.5. The van der Waals surface area contributed by atoms with Crippen LogP contribution in [0.5, 0.6) is 5.75 Å². The number of benzene rings is 2. The van der Waals surface area contributed by atoms with Gasteiger partial charge in [0.25, 0.3) is 0 Å². The second kappa shape index (κ2) is 6.59. The van der Waals surface area contributed by atoms with E-state index >= 15 is 0 Å². The summed E-state index contributed by atoms with van der Waals surface area (Å²) < 4.78 is 5.67. The van der Waals surface area contributed by atoms with Gasteiger partial charge in [-0.3, -0.25) is 9.59 Å². The molecule has 0 bridgehead atoms. The number of ether oxygens (including phenoxy) is 1. The Kier molecular flexibility index (Phi) is 4.14. The van der Waals surface area contributed by atoms with Gasteiger partial charge in [0, 0.05) is 18.7 Å². The highest BCUT2D eigenvalue weighted by Crippen LogP contribution is 2.36. The highest BCUT2D eigenvalue weighted by molar-refractivity contribution is 5.92. The van der Waals surface area contributed by atoms with Gasteiger partial charge in [-0.25, -0.2) is 0 Å². The molecule has 128 valence electrons. The summed E-state index contributed by atoms with van der Waals surface area (Å²) in [5.41, 5.74) is 1.75. The van der Waals surface area contributed by atoms with Crippen LogP contribution in [0.2, 0.25) is 0 Å². The Bertz CT molecular complexity index is 791. The van der Waals surface area contributed by atoms with Crippen molar-refractivity contribution in [1.82, 2.24) is 10.2 Å². The van der Waals surface area contributed by atoms with E-state index < -0.39 is 6.04 Å². The van der Waals surface area contributed by atoms with Crippen LogP contribution < -0.4 is 10.1 Å². The molecule has 0 unspecified atom stereocenters. The number of rotatable bonds is 2. The second-order valence-electron chi connectivity index (χ2n) is 6.36. The van der Waals surface area contributed by atoms with Gasteiger partial charge in [0.2, 0.25) is 11.8 Å². The van der Waals surface area contributed by atoms with Crippen molar-refractivity contribution in [2.24, 2.45) is 0 Å². The third-order valence-corrected chi connectivity index (χ3v) is 4.87. The van der Waals surface area contributed by atoms with Crippen LogP contribution in [0.1, 0.15) is 29.5 Å². The summed E-state index contributed by atoms with van der Waals surface area (Å²) >= 11 is 0.